The summed E-state index contributed by atoms with van der Waals surface area (Å²) >= 11 is 1.45. The molecular formula is C23H24N4O4S2. The van der Waals surface area contributed by atoms with Gasteiger partial charge in [0, 0.05) is 18.6 Å². The van der Waals surface area contributed by atoms with Gasteiger partial charge in [0.2, 0.25) is 11.0 Å². The number of methoxy groups -OCH3 is 1. The Hall–Kier alpha value is -3.24. The third kappa shape index (κ3) is 5.23. The van der Waals surface area contributed by atoms with Crippen LogP contribution in [0.15, 0.2) is 53.4 Å². The molecule has 0 radical (unpaired) electrons. The predicted octanol–water partition coefficient (Wildman–Crippen LogP) is 4.30. The molecule has 0 aliphatic rings. The van der Waals surface area contributed by atoms with E-state index in [0.717, 1.165) is 21.5 Å². The van der Waals surface area contributed by atoms with Crippen LogP contribution in [0, 0.1) is 13.8 Å². The lowest BCUT2D eigenvalue weighted by Crippen LogP contribution is -2.16. The minimum atomic E-state index is -3.43. The van der Waals surface area contributed by atoms with Crippen molar-refractivity contribution in [1.29, 1.82) is 0 Å². The molecule has 4 aromatic rings. The zero-order valence-corrected chi connectivity index (χ0v) is 20.2. The summed E-state index contributed by atoms with van der Waals surface area (Å²) in [6.45, 7) is 3.73. The van der Waals surface area contributed by atoms with Crippen LogP contribution in [0.4, 0.5) is 5.82 Å². The molecule has 0 spiro atoms. The number of hydrogen-bond donors (Lipinski definition) is 1. The number of thiazole rings is 1. The number of anilines is 1. The van der Waals surface area contributed by atoms with Crippen LogP contribution in [-0.2, 0) is 14.6 Å². The fourth-order valence-corrected chi connectivity index (χ4v) is 5.56. The van der Waals surface area contributed by atoms with Crippen molar-refractivity contribution >= 4 is 43.1 Å². The maximum absolute atomic E-state index is 12.5. The lowest BCUT2D eigenvalue weighted by atomic mass is 10.2. The van der Waals surface area contributed by atoms with Crippen LogP contribution < -0.4 is 10.1 Å². The van der Waals surface area contributed by atoms with Gasteiger partial charge in [-0.3, -0.25) is 4.79 Å². The third-order valence-electron chi connectivity index (χ3n) is 5.06. The van der Waals surface area contributed by atoms with Gasteiger partial charge in [0.25, 0.3) is 0 Å². The van der Waals surface area contributed by atoms with Gasteiger partial charge in [-0.2, -0.15) is 9.78 Å². The van der Waals surface area contributed by atoms with Gasteiger partial charge in [-0.05, 0) is 44.5 Å². The molecule has 2 aromatic carbocycles. The summed E-state index contributed by atoms with van der Waals surface area (Å²) in [5.41, 5.74) is 2.50. The van der Waals surface area contributed by atoms with Crippen LogP contribution >= 0.6 is 11.3 Å². The minimum Gasteiger partial charge on any atom is -0.497 e. The second-order valence-corrected chi connectivity index (χ2v) is 10.8. The van der Waals surface area contributed by atoms with Gasteiger partial charge in [0.05, 0.1) is 33.7 Å². The van der Waals surface area contributed by atoms with E-state index in [-0.39, 0.29) is 29.4 Å². The first kappa shape index (κ1) is 22.9. The van der Waals surface area contributed by atoms with E-state index in [9.17, 15) is 13.2 Å². The van der Waals surface area contributed by atoms with Gasteiger partial charge in [-0.25, -0.2) is 13.4 Å². The lowest BCUT2D eigenvalue weighted by Gasteiger charge is -2.07. The Kier molecular flexibility index (Phi) is 6.48. The number of nitrogens with zero attached hydrogens (tertiary/aromatic N) is 3. The first-order chi connectivity index (χ1) is 15.7. The largest absolute Gasteiger partial charge is 0.497 e. The topological polar surface area (TPSA) is 103 Å². The molecule has 0 unspecified atom stereocenters. The van der Waals surface area contributed by atoms with Crippen molar-refractivity contribution in [3.8, 4) is 10.9 Å². The van der Waals surface area contributed by atoms with Gasteiger partial charge in [0.1, 0.15) is 11.6 Å². The molecule has 1 N–H and O–H groups in total. The first-order valence-corrected chi connectivity index (χ1v) is 12.8. The van der Waals surface area contributed by atoms with Gasteiger partial charge < -0.3 is 10.1 Å². The summed E-state index contributed by atoms with van der Waals surface area (Å²) in [6, 6.07) is 14.1. The number of aryl methyl sites for hydroxylation is 2. The summed E-state index contributed by atoms with van der Waals surface area (Å²) in [6.07, 6.45) is 0.294. The van der Waals surface area contributed by atoms with Crippen LogP contribution in [-0.4, -0.2) is 42.0 Å². The molecule has 0 atom stereocenters. The molecule has 2 aromatic heterocycles. The number of hydrogen-bond acceptors (Lipinski definition) is 7. The zero-order chi connectivity index (χ0) is 23.6. The Morgan fingerprint density at radius 1 is 1.12 bits per heavy atom. The molecule has 0 saturated carbocycles. The van der Waals surface area contributed by atoms with Gasteiger partial charge in [0.15, 0.2) is 9.84 Å². The molecule has 4 rings (SSSR count). The van der Waals surface area contributed by atoms with Crippen molar-refractivity contribution in [3.63, 3.8) is 0 Å². The quantitative estimate of drug-likeness (QED) is 0.400. The number of rotatable bonds is 8. The Bertz CT molecular complexity index is 1410. The van der Waals surface area contributed by atoms with Crippen molar-refractivity contribution in [3.05, 3.63) is 59.8 Å². The molecule has 1 amide bonds. The molecule has 2 heterocycles. The monoisotopic (exact) mass is 484 g/mol. The number of nitrogens with one attached hydrogen (secondary N) is 1. The van der Waals surface area contributed by atoms with Crippen molar-refractivity contribution in [2.45, 2.75) is 31.6 Å². The second-order valence-electron chi connectivity index (χ2n) is 7.70. The number of carbonyl (C=O) groups is 1. The molecule has 10 heteroatoms. The average molecular weight is 485 g/mol. The highest BCUT2D eigenvalue weighted by Gasteiger charge is 2.17. The predicted molar refractivity (Wildman–Crippen MR) is 129 cm³/mol. The zero-order valence-electron chi connectivity index (χ0n) is 18.5. The van der Waals surface area contributed by atoms with Crippen LogP contribution in [0.3, 0.4) is 0 Å². The second kappa shape index (κ2) is 9.32. The van der Waals surface area contributed by atoms with Crippen LogP contribution in [0.1, 0.15) is 24.1 Å². The van der Waals surface area contributed by atoms with E-state index in [1.165, 1.54) is 11.3 Å². The van der Waals surface area contributed by atoms with E-state index in [2.05, 4.69) is 15.4 Å². The van der Waals surface area contributed by atoms with Gasteiger partial charge in [-0.1, -0.05) is 29.0 Å². The standard InChI is InChI=1S/C23H24N4O4S2/c1-15-6-9-18(10-7-15)33(29,30)12-4-5-22(28)25-21-13-16(2)26-27(21)23-24-19-14-17(31-3)8-11-20(19)32-23/h6-11,13-14H,4-5,12H2,1-3H3,(H,25,28). The molecule has 8 nitrogen and oxygen atoms in total. The Morgan fingerprint density at radius 3 is 2.61 bits per heavy atom. The third-order valence-corrected chi connectivity index (χ3v) is 7.89. The molecular weight excluding hydrogens is 460 g/mol. The van der Waals surface area contributed by atoms with Crippen LogP contribution in [0.5, 0.6) is 5.75 Å². The number of benzene rings is 2. The van der Waals surface area contributed by atoms with Crippen molar-refractivity contribution in [2.75, 3.05) is 18.2 Å². The fraction of sp³-hybridized carbons (Fsp3) is 0.261. The molecule has 0 bridgehead atoms. The highest BCUT2D eigenvalue weighted by atomic mass is 32.2. The highest BCUT2D eigenvalue weighted by Crippen LogP contribution is 2.29. The lowest BCUT2D eigenvalue weighted by molar-refractivity contribution is -0.116. The number of fused-ring (bicyclic) bond motifs is 1. The van der Waals surface area contributed by atoms with E-state index < -0.39 is 9.84 Å². The summed E-state index contributed by atoms with van der Waals surface area (Å²) in [5.74, 6) is 0.828. The summed E-state index contributed by atoms with van der Waals surface area (Å²) in [5, 5.41) is 7.91. The number of carbonyl (C=O) groups excluding carboxylic acids is 1. The molecule has 172 valence electrons. The summed E-state index contributed by atoms with van der Waals surface area (Å²) in [4.78, 5) is 17.4. The van der Waals surface area contributed by atoms with Crippen molar-refractivity contribution in [1.82, 2.24) is 14.8 Å². The normalized spacial score (nSPS) is 11.6. The number of sulfone groups is 1. The van der Waals surface area contributed by atoms with Gasteiger partial charge >= 0.3 is 0 Å². The van der Waals surface area contributed by atoms with E-state index in [0.29, 0.717) is 16.7 Å². The molecule has 0 saturated heterocycles. The number of amides is 1. The smallest absolute Gasteiger partial charge is 0.225 e. The van der Waals surface area contributed by atoms with E-state index in [1.54, 1.807) is 42.1 Å². The highest BCUT2D eigenvalue weighted by molar-refractivity contribution is 7.91. The maximum Gasteiger partial charge on any atom is 0.225 e. The van der Waals surface area contributed by atoms with Crippen molar-refractivity contribution < 1.29 is 17.9 Å². The number of ether oxygens (including phenoxy) is 1. The van der Waals surface area contributed by atoms with Crippen LogP contribution in [0.2, 0.25) is 0 Å². The minimum absolute atomic E-state index is 0.0758. The van der Waals surface area contributed by atoms with E-state index in [4.69, 9.17) is 4.74 Å². The van der Waals surface area contributed by atoms with E-state index in [1.807, 2.05) is 32.0 Å². The molecule has 0 fully saturated rings. The SMILES string of the molecule is COc1ccc2sc(-n3nc(C)cc3NC(=O)CCCS(=O)(=O)c3ccc(C)cc3)nc2c1. The average Bonchev–Trinajstić information content (AvgIpc) is 3.36. The van der Waals surface area contributed by atoms with Gasteiger partial charge in [-0.15, -0.1) is 0 Å². The van der Waals surface area contributed by atoms with Crippen molar-refractivity contribution in [2.24, 2.45) is 0 Å². The van der Waals surface area contributed by atoms with Crippen LogP contribution in [0.25, 0.3) is 15.3 Å². The maximum atomic E-state index is 12.5. The Balaban J connectivity index is 1.43. The first-order valence-electron chi connectivity index (χ1n) is 10.4. The molecule has 33 heavy (non-hydrogen) atoms. The Morgan fingerprint density at radius 2 is 1.88 bits per heavy atom. The Labute approximate surface area is 196 Å². The summed E-state index contributed by atoms with van der Waals surface area (Å²) in [7, 11) is -1.83. The molecule has 0 aliphatic heterocycles. The summed E-state index contributed by atoms with van der Waals surface area (Å²) < 4.78 is 32.8. The molecule has 0 aliphatic carbocycles. The fourth-order valence-electron chi connectivity index (χ4n) is 3.34. The van der Waals surface area contributed by atoms with E-state index >= 15 is 0 Å². The number of aromatic nitrogens is 3.